The van der Waals surface area contributed by atoms with E-state index in [4.69, 9.17) is 39.5 Å². The minimum Gasteiger partial charge on any atom is -0.492 e. The number of hydrogen-bond acceptors (Lipinski definition) is 5. The molecule has 1 atom stereocenters. The normalized spacial score (nSPS) is 12.0. The summed E-state index contributed by atoms with van der Waals surface area (Å²) in [5.41, 5.74) is 0.735. The van der Waals surface area contributed by atoms with Crippen molar-refractivity contribution in [3.8, 4) is 5.75 Å². The van der Waals surface area contributed by atoms with Crippen LogP contribution in [0.1, 0.15) is 45.6 Å². The lowest BCUT2D eigenvalue weighted by atomic mass is 10.1. The van der Waals surface area contributed by atoms with E-state index in [1.807, 2.05) is 6.92 Å². The highest BCUT2D eigenvalue weighted by Crippen LogP contribution is 2.33. The first-order chi connectivity index (χ1) is 20.5. The molecule has 43 heavy (non-hydrogen) atoms. The zero-order valence-electron chi connectivity index (χ0n) is 24.4. The zero-order valence-corrected chi connectivity index (χ0v) is 27.4. The Balaban J connectivity index is 2.11. The van der Waals surface area contributed by atoms with Gasteiger partial charge in [-0.2, -0.15) is 0 Å². The quantitative estimate of drug-likeness (QED) is 0.177. The van der Waals surface area contributed by atoms with Crippen molar-refractivity contribution < 1.29 is 22.7 Å². The highest BCUT2D eigenvalue weighted by molar-refractivity contribution is 7.92. The third kappa shape index (κ3) is 9.01. The lowest BCUT2D eigenvalue weighted by Gasteiger charge is -2.33. The monoisotopic (exact) mass is 667 g/mol. The second-order valence-electron chi connectivity index (χ2n) is 9.69. The van der Waals surface area contributed by atoms with E-state index >= 15 is 0 Å². The number of ether oxygens (including phenoxy) is 1. The van der Waals surface area contributed by atoms with E-state index in [-0.39, 0.29) is 41.8 Å². The first-order valence-corrected chi connectivity index (χ1v) is 16.6. The van der Waals surface area contributed by atoms with Crippen molar-refractivity contribution in [3.63, 3.8) is 0 Å². The summed E-state index contributed by atoms with van der Waals surface area (Å²) < 4.78 is 34.9. The lowest BCUT2D eigenvalue weighted by Crippen LogP contribution is -2.52. The Morgan fingerprint density at radius 2 is 1.60 bits per heavy atom. The highest BCUT2D eigenvalue weighted by Gasteiger charge is 2.35. The molecule has 0 aliphatic heterocycles. The molecule has 0 heterocycles. The Morgan fingerprint density at radius 1 is 0.930 bits per heavy atom. The second kappa shape index (κ2) is 16.2. The Kier molecular flexibility index (Phi) is 13.0. The standard InChI is InChI=1S/C31H36Cl3N3O5S/c1-4-7-18-35-31(39)27(5-2)36(20-22-12-13-24(33)19-26(22)34)30(38)21-37(28-10-8-9-11-29(28)42-6-3)43(40,41)25-16-14-23(32)15-17-25/h8-17,19,27H,4-7,18,20-21H2,1-3H3,(H,35,39)/t27-/m0/s1. The molecule has 0 aromatic heterocycles. The van der Waals surface area contributed by atoms with Crippen LogP contribution in [0, 0.1) is 0 Å². The smallest absolute Gasteiger partial charge is 0.264 e. The molecule has 3 aromatic rings. The van der Waals surface area contributed by atoms with Crippen LogP contribution in [0.3, 0.4) is 0 Å². The fourth-order valence-electron chi connectivity index (χ4n) is 4.45. The van der Waals surface area contributed by atoms with Crippen molar-refractivity contribution >= 4 is 62.3 Å². The van der Waals surface area contributed by atoms with E-state index in [0.717, 1.165) is 17.1 Å². The first kappa shape index (κ1) is 34.5. The van der Waals surface area contributed by atoms with Gasteiger partial charge in [0, 0.05) is 28.2 Å². The minimum atomic E-state index is -4.29. The second-order valence-corrected chi connectivity index (χ2v) is 12.8. The predicted molar refractivity (Wildman–Crippen MR) is 173 cm³/mol. The molecule has 3 aromatic carbocycles. The van der Waals surface area contributed by atoms with Crippen LogP contribution < -0.4 is 14.4 Å². The van der Waals surface area contributed by atoms with Gasteiger partial charge in [-0.3, -0.25) is 13.9 Å². The van der Waals surface area contributed by atoms with Crippen LogP contribution in [0.2, 0.25) is 15.1 Å². The number of anilines is 1. The van der Waals surface area contributed by atoms with Crippen molar-refractivity contribution in [1.82, 2.24) is 10.2 Å². The van der Waals surface area contributed by atoms with Gasteiger partial charge in [0.05, 0.1) is 17.2 Å². The fraction of sp³-hybridized carbons (Fsp3) is 0.355. The number of nitrogens with one attached hydrogen (secondary N) is 1. The summed E-state index contributed by atoms with van der Waals surface area (Å²) in [6, 6.07) is 16.2. The Bertz CT molecular complexity index is 1500. The molecule has 0 saturated carbocycles. The largest absolute Gasteiger partial charge is 0.492 e. The van der Waals surface area contributed by atoms with Gasteiger partial charge < -0.3 is 15.0 Å². The highest BCUT2D eigenvalue weighted by atomic mass is 35.5. The third-order valence-electron chi connectivity index (χ3n) is 6.69. The van der Waals surface area contributed by atoms with Crippen LogP contribution in [-0.2, 0) is 26.2 Å². The summed E-state index contributed by atoms with van der Waals surface area (Å²) in [5.74, 6) is -0.657. The summed E-state index contributed by atoms with van der Waals surface area (Å²) in [4.78, 5) is 28.9. The molecule has 1 N–H and O–H groups in total. The summed E-state index contributed by atoms with van der Waals surface area (Å²) in [7, 11) is -4.29. The van der Waals surface area contributed by atoms with Gasteiger partial charge in [0.1, 0.15) is 18.3 Å². The van der Waals surface area contributed by atoms with Crippen molar-refractivity contribution in [1.29, 1.82) is 0 Å². The van der Waals surface area contributed by atoms with Gasteiger partial charge >= 0.3 is 0 Å². The van der Waals surface area contributed by atoms with E-state index in [2.05, 4.69) is 5.32 Å². The van der Waals surface area contributed by atoms with Crippen LogP contribution >= 0.6 is 34.8 Å². The number of sulfonamides is 1. The molecular weight excluding hydrogens is 633 g/mol. The van der Waals surface area contributed by atoms with E-state index in [1.165, 1.54) is 29.2 Å². The topological polar surface area (TPSA) is 96.0 Å². The number of carbonyl (C=O) groups is 2. The molecule has 0 saturated heterocycles. The third-order valence-corrected chi connectivity index (χ3v) is 9.30. The summed E-state index contributed by atoms with van der Waals surface area (Å²) in [6.45, 7) is 5.65. The maximum Gasteiger partial charge on any atom is 0.264 e. The van der Waals surface area contributed by atoms with Crippen LogP contribution in [0.25, 0.3) is 0 Å². The first-order valence-electron chi connectivity index (χ1n) is 14.0. The number of para-hydroxylation sites is 2. The van der Waals surface area contributed by atoms with Gasteiger partial charge in [-0.25, -0.2) is 8.42 Å². The maximum atomic E-state index is 14.3. The molecule has 0 radical (unpaired) electrons. The van der Waals surface area contributed by atoms with Crippen molar-refractivity contribution in [3.05, 3.63) is 87.4 Å². The van der Waals surface area contributed by atoms with Gasteiger partial charge in [-0.15, -0.1) is 0 Å². The van der Waals surface area contributed by atoms with E-state index in [0.29, 0.717) is 27.2 Å². The Hall–Kier alpha value is -2.98. The van der Waals surface area contributed by atoms with Crippen LogP contribution in [0.5, 0.6) is 5.75 Å². The zero-order chi connectivity index (χ0) is 31.6. The molecule has 232 valence electrons. The number of amides is 2. The average molecular weight is 669 g/mol. The number of nitrogens with zero attached hydrogens (tertiary/aromatic N) is 2. The number of unbranched alkanes of at least 4 members (excludes halogenated alkanes) is 1. The predicted octanol–water partition coefficient (Wildman–Crippen LogP) is 6.96. The van der Waals surface area contributed by atoms with Crippen LogP contribution in [-0.4, -0.2) is 50.9 Å². The number of benzene rings is 3. The Morgan fingerprint density at radius 3 is 2.23 bits per heavy atom. The Labute approximate surface area is 268 Å². The molecule has 0 aliphatic carbocycles. The molecule has 0 bridgehead atoms. The summed E-state index contributed by atoms with van der Waals surface area (Å²) in [5, 5.41) is 4.00. The molecule has 0 fully saturated rings. The summed E-state index contributed by atoms with van der Waals surface area (Å²) >= 11 is 18.6. The number of halogens is 3. The van der Waals surface area contributed by atoms with Gasteiger partial charge in [0.15, 0.2) is 0 Å². The molecule has 2 amide bonds. The number of carbonyl (C=O) groups excluding carboxylic acids is 2. The fourth-order valence-corrected chi connectivity index (χ4v) is 6.47. The maximum absolute atomic E-state index is 14.3. The van der Waals surface area contributed by atoms with E-state index in [9.17, 15) is 18.0 Å². The molecule has 3 rings (SSSR count). The van der Waals surface area contributed by atoms with Gasteiger partial charge in [-0.1, -0.05) is 73.3 Å². The average Bonchev–Trinajstić information content (AvgIpc) is 2.97. The van der Waals surface area contributed by atoms with Crippen LogP contribution in [0.4, 0.5) is 5.69 Å². The molecule has 8 nitrogen and oxygen atoms in total. The van der Waals surface area contributed by atoms with Gasteiger partial charge in [0.2, 0.25) is 11.8 Å². The minimum absolute atomic E-state index is 0.0452. The number of hydrogen-bond donors (Lipinski definition) is 1. The van der Waals surface area contributed by atoms with Gasteiger partial charge in [-0.05, 0) is 73.9 Å². The van der Waals surface area contributed by atoms with E-state index < -0.39 is 28.5 Å². The van der Waals surface area contributed by atoms with Gasteiger partial charge in [0.25, 0.3) is 10.0 Å². The van der Waals surface area contributed by atoms with Crippen molar-refractivity contribution in [2.24, 2.45) is 0 Å². The molecule has 0 unspecified atom stereocenters. The van der Waals surface area contributed by atoms with E-state index in [1.54, 1.807) is 56.3 Å². The molecule has 12 heteroatoms. The van der Waals surface area contributed by atoms with Crippen molar-refractivity contribution in [2.45, 2.75) is 57.5 Å². The molecule has 0 spiro atoms. The SMILES string of the molecule is CCCCNC(=O)[C@H](CC)N(Cc1ccc(Cl)cc1Cl)C(=O)CN(c1ccccc1OCC)S(=O)(=O)c1ccc(Cl)cc1. The van der Waals surface area contributed by atoms with Crippen LogP contribution in [0.15, 0.2) is 71.6 Å². The lowest BCUT2D eigenvalue weighted by molar-refractivity contribution is -0.140. The number of rotatable bonds is 15. The van der Waals surface area contributed by atoms with Crippen molar-refractivity contribution in [2.75, 3.05) is 24.0 Å². The summed E-state index contributed by atoms with van der Waals surface area (Å²) in [6.07, 6.45) is 1.95. The molecular formula is C31H36Cl3N3O5S. The molecule has 0 aliphatic rings.